The number of rotatable bonds is 8. The maximum Gasteiger partial charge on any atom is 0.313 e. The van der Waals surface area contributed by atoms with Crippen molar-refractivity contribution in [3.05, 3.63) is 30.8 Å². The Morgan fingerprint density at radius 1 is 1.18 bits per heavy atom. The van der Waals surface area contributed by atoms with Crippen LogP contribution < -0.4 is 15.4 Å². The van der Waals surface area contributed by atoms with Crippen molar-refractivity contribution < 1.29 is 27.2 Å². The maximum absolute atomic E-state index is 12.6. The number of amides is 2. The normalized spacial score (nSPS) is 15.6. The predicted octanol–water partition coefficient (Wildman–Crippen LogP) is 1.15. The standard InChI is InChI=1S/C22H31N5O6S/c1-5-34(30,31)27-10-8-26(9-11-27)14-22(2,3)25-21(29)20(28)24-16-6-7-17(18(12-16)32-4)19-13-23-15-33-19/h6-7,12-13,15H,5,8-11,14H2,1-4H3,(H,24,28)(H,25,29). The lowest BCUT2D eigenvalue weighted by Gasteiger charge is -2.38. The average Bonchev–Trinajstić information content (AvgIpc) is 3.33. The smallest absolute Gasteiger partial charge is 0.313 e. The highest BCUT2D eigenvalue weighted by atomic mass is 32.2. The topological polar surface area (TPSA) is 134 Å². The number of benzene rings is 1. The molecule has 2 N–H and O–H groups in total. The molecule has 0 aliphatic carbocycles. The number of aromatic nitrogens is 1. The third kappa shape index (κ3) is 6.33. The molecule has 0 unspecified atom stereocenters. The van der Waals surface area contributed by atoms with Crippen molar-refractivity contribution in [2.75, 3.05) is 50.9 Å². The Bertz CT molecular complexity index is 1110. The summed E-state index contributed by atoms with van der Waals surface area (Å²) >= 11 is 0. The van der Waals surface area contributed by atoms with Gasteiger partial charge in [0.05, 0.1) is 24.6 Å². The Hall–Kier alpha value is -2.96. The molecule has 34 heavy (non-hydrogen) atoms. The van der Waals surface area contributed by atoms with Gasteiger partial charge in [-0.3, -0.25) is 14.5 Å². The molecule has 2 aromatic rings. The number of sulfonamides is 1. The van der Waals surface area contributed by atoms with Crippen molar-refractivity contribution in [3.63, 3.8) is 0 Å². The van der Waals surface area contributed by atoms with E-state index >= 15 is 0 Å². The van der Waals surface area contributed by atoms with Gasteiger partial charge >= 0.3 is 11.8 Å². The number of piperazine rings is 1. The molecule has 1 aromatic heterocycles. The van der Waals surface area contributed by atoms with Crippen LogP contribution in [0.3, 0.4) is 0 Å². The zero-order valence-electron chi connectivity index (χ0n) is 19.8. The molecule has 2 amide bonds. The zero-order chi connectivity index (χ0) is 24.9. The second-order valence-electron chi connectivity index (χ2n) is 8.65. The lowest BCUT2D eigenvalue weighted by Crippen LogP contribution is -2.57. The molecule has 0 saturated carbocycles. The molecule has 1 aliphatic heterocycles. The van der Waals surface area contributed by atoms with Crippen molar-refractivity contribution in [3.8, 4) is 17.1 Å². The van der Waals surface area contributed by atoms with Crippen LogP contribution >= 0.6 is 0 Å². The highest BCUT2D eigenvalue weighted by Gasteiger charge is 2.31. The van der Waals surface area contributed by atoms with Crippen molar-refractivity contribution in [1.29, 1.82) is 0 Å². The highest BCUT2D eigenvalue weighted by Crippen LogP contribution is 2.32. The summed E-state index contributed by atoms with van der Waals surface area (Å²) in [5, 5.41) is 5.34. The minimum absolute atomic E-state index is 0.0817. The molecule has 1 fully saturated rings. The van der Waals surface area contributed by atoms with Gasteiger partial charge in [0.25, 0.3) is 0 Å². The van der Waals surface area contributed by atoms with E-state index in [0.29, 0.717) is 55.5 Å². The van der Waals surface area contributed by atoms with E-state index in [1.54, 1.807) is 31.3 Å². The molecule has 0 spiro atoms. The number of methoxy groups -OCH3 is 1. The molecule has 12 heteroatoms. The van der Waals surface area contributed by atoms with Crippen LogP contribution in [0.1, 0.15) is 20.8 Å². The van der Waals surface area contributed by atoms with E-state index in [9.17, 15) is 18.0 Å². The lowest BCUT2D eigenvalue weighted by atomic mass is 10.0. The van der Waals surface area contributed by atoms with E-state index in [2.05, 4.69) is 20.5 Å². The Morgan fingerprint density at radius 3 is 2.47 bits per heavy atom. The second-order valence-corrected chi connectivity index (χ2v) is 10.9. The van der Waals surface area contributed by atoms with Crippen LogP contribution in [0.5, 0.6) is 5.75 Å². The number of oxazole rings is 1. The average molecular weight is 494 g/mol. The summed E-state index contributed by atoms with van der Waals surface area (Å²) in [6.07, 6.45) is 2.86. The van der Waals surface area contributed by atoms with E-state index in [0.717, 1.165) is 0 Å². The molecule has 1 saturated heterocycles. The molecular weight excluding hydrogens is 462 g/mol. The third-order valence-electron chi connectivity index (χ3n) is 5.52. The molecule has 0 bridgehead atoms. The first kappa shape index (κ1) is 25.7. The van der Waals surface area contributed by atoms with E-state index in [4.69, 9.17) is 9.15 Å². The van der Waals surface area contributed by atoms with Crippen LogP contribution in [0.25, 0.3) is 11.3 Å². The summed E-state index contributed by atoms with van der Waals surface area (Å²) in [6, 6.07) is 4.94. The minimum Gasteiger partial charge on any atom is -0.496 e. The quantitative estimate of drug-likeness (QED) is 0.523. The van der Waals surface area contributed by atoms with Crippen LogP contribution in [0.15, 0.2) is 35.2 Å². The number of nitrogens with zero attached hydrogens (tertiary/aromatic N) is 3. The number of nitrogens with one attached hydrogen (secondary N) is 2. The number of anilines is 1. The summed E-state index contributed by atoms with van der Waals surface area (Å²) in [6.45, 7) is 7.69. The molecule has 2 heterocycles. The van der Waals surface area contributed by atoms with Gasteiger partial charge in [-0.15, -0.1) is 0 Å². The van der Waals surface area contributed by atoms with Crippen molar-refractivity contribution in [1.82, 2.24) is 19.5 Å². The summed E-state index contributed by atoms with van der Waals surface area (Å²) in [5.74, 6) is -0.517. The predicted molar refractivity (Wildman–Crippen MR) is 127 cm³/mol. The molecule has 186 valence electrons. The lowest BCUT2D eigenvalue weighted by molar-refractivity contribution is -0.137. The number of hydrogen-bond donors (Lipinski definition) is 2. The van der Waals surface area contributed by atoms with Gasteiger partial charge in [-0.2, -0.15) is 4.31 Å². The number of ether oxygens (including phenoxy) is 1. The maximum atomic E-state index is 12.6. The van der Waals surface area contributed by atoms with Crippen LogP contribution in [0.4, 0.5) is 5.69 Å². The number of carbonyl (C=O) groups is 2. The van der Waals surface area contributed by atoms with E-state index in [1.165, 1.54) is 17.8 Å². The van der Waals surface area contributed by atoms with E-state index < -0.39 is 27.4 Å². The molecule has 3 rings (SSSR count). The van der Waals surface area contributed by atoms with Crippen molar-refractivity contribution >= 4 is 27.5 Å². The third-order valence-corrected chi connectivity index (χ3v) is 7.41. The first-order chi connectivity index (χ1) is 16.0. The van der Waals surface area contributed by atoms with Gasteiger partial charge in [0.2, 0.25) is 10.0 Å². The van der Waals surface area contributed by atoms with Crippen LogP contribution in [0.2, 0.25) is 0 Å². The Balaban J connectivity index is 1.55. The SMILES string of the molecule is CCS(=O)(=O)N1CCN(CC(C)(C)NC(=O)C(=O)Nc2ccc(-c3cnco3)c(OC)c2)CC1. The first-order valence-corrected chi connectivity index (χ1v) is 12.6. The fourth-order valence-electron chi connectivity index (χ4n) is 3.82. The molecule has 1 aromatic carbocycles. The van der Waals surface area contributed by atoms with E-state index in [1.807, 2.05) is 13.8 Å². The Kier molecular flexibility index (Phi) is 7.95. The number of carbonyl (C=O) groups excluding carboxylic acids is 2. The minimum atomic E-state index is -3.20. The van der Waals surface area contributed by atoms with Gasteiger partial charge in [-0.05, 0) is 32.9 Å². The van der Waals surface area contributed by atoms with Crippen LogP contribution in [-0.2, 0) is 19.6 Å². The second kappa shape index (κ2) is 10.5. The molecule has 1 aliphatic rings. The molecule has 0 atom stereocenters. The first-order valence-electron chi connectivity index (χ1n) is 10.9. The zero-order valence-corrected chi connectivity index (χ0v) is 20.6. The van der Waals surface area contributed by atoms with Gasteiger partial charge in [0.1, 0.15) is 5.75 Å². The largest absolute Gasteiger partial charge is 0.496 e. The van der Waals surface area contributed by atoms with Gasteiger partial charge in [0.15, 0.2) is 12.2 Å². The fraction of sp³-hybridized carbons (Fsp3) is 0.500. The van der Waals surface area contributed by atoms with Gasteiger partial charge in [-0.25, -0.2) is 13.4 Å². The van der Waals surface area contributed by atoms with Crippen LogP contribution in [-0.4, -0.2) is 85.5 Å². The summed E-state index contributed by atoms with van der Waals surface area (Å²) < 4.78 is 36.2. The van der Waals surface area contributed by atoms with Crippen LogP contribution in [0, 0.1) is 0 Å². The summed E-state index contributed by atoms with van der Waals surface area (Å²) in [4.78, 5) is 31.0. The van der Waals surface area contributed by atoms with Gasteiger partial charge < -0.3 is 19.8 Å². The highest BCUT2D eigenvalue weighted by molar-refractivity contribution is 7.89. The monoisotopic (exact) mass is 493 g/mol. The Labute approximate surface area is 199 Å². The summed E-state index contributed by atoms with van der Waals surface area (Å²) in [5.41, 5.74) is 0.357. The fourth-order valence-corrected chi connectivity index (χ4v) is 4.91. The molecule has 0 radical (unpaired) electrons. The van der Waals surface area contributed by atoms with Crippen molar-refractivity contribution in [2.24, 2.45) is 0 Å². The Morgan fingerprint density at radius 2 is 1.88 bits per heavy atom. The summed E-state index contributed by atoms with van der Waals surface area (Å²) in [7, 11) is -1.71. The van der Waals surface area contributed by atoms with Gasteiger partial charge in [-0.1, -0.05) is 0 Å². The number of hydrogen-bond acceptors (Lipinski definition) is 8. The van der Waals surface area contributed by atoms with Crippen molar-refractivity contribution in [2.45, 2.75) is 26.3 Å². The molecule has 11 nitrogen and oxygen atoms in total. The van der Waals surface area contributed by atoms with E-state index in [-0.39, 0.29) is 5.75 Å². The molecular formula is C22H31N5O6S. The van der Waals surface area contributed by atoms with Gasteiger partial charge in [0, 0.05) is 50.0 Å².